The second-order valence-electron chi connectivity index (χ2n) is 7.38. The molecule has 1 saturated carbocycles. The molecule has 2 N–H and O–H groups in total. The van der Waals surface area contributed by atoms with Crippen molar-refractivity contribution in [3.63, 3.8) is 0 Å². The van der Waals surface area contributed by atoms with Crippen LogP contribution >= 0.6 is 0 Å². The van der Waals surface area contributed by atoms with Crippen LogP contribution in [0.15, 0.2) is 18.2 Å². The molecular weight excluding hydrogens is 302 g/mol. The Kier molecular flexibility index (Phi) is 4.35. The average Bonchev–Trinajstić information content (AvgIpc) is 2.75. The molecular formula is C19H27N3O2. The number of carbonyl (C=O) groups excluding carboxylic acids is 1. The lowest BCUT2D eigenvalue weighted by atomic mass is 9.85. The molecule has 3 unspecified atom stereocenters. The van der Waals surface area contributed by atoms with Gasteiger partial charge in [0.05, 0.1) is 0 Å². The highest BCUT2D eigenvalue weighted by molar-refractivity contribution is 5.90. The van der Waals surface area contributed by atoms with Gasteiger partial charge in [-0.1, -0.05) is 12.8 Å². The maximum absolute atomic E-state index is 12.9. The molecule has 1 saturated heterocycles. The van der Waals surface area contributed by atoms with Gasteiger partial charge in [0.25, 0.3) is 0 Å². The summed E-state index contributed by atoms with van der Waals surface area (Å²) in [5.74, 6) is 1.61. The van der Waals surface area contributed by atoms with Gasteiger partial charge < -0.3 is 20.3 Å². The summed E-state index contributed by atoms with van der Waals surface area (Å²) in [6.07, 6.45) is 6.16. The van der Waals surface area contributed by atoms with Crippen LogP contribution in [0.5, 0.6) is 5.75 Å². The number of hydrogen-bond acceptors (Lipinski definition) is 3. The minimum absolute atomic E-state index is 0.0550. The average molecular weight is 329 g/mol. The van der Waals surface area contributed by atoms with E-state index < -0.39 is 0 Å². The molecule has 3 aliphatic rings. The molecule has 0 radical (unpaired) electrons. The van der Waals surface area contributed by atoms with Crippen LogP contribution in [-0.2, 0) is 6.54 Å². The first-order chi connectivity index (χ1) is 11.7. The van der Waals surface area contributed by atoms with Crippen molar-refractivity contribution >= 4 is 11.7 Å². The van der Waals surface area contributed by atoms with Gasteiger partial charge in [0.1, 0.15) is 12.4 Å². The van der Waals surface area contributed by atoms with Crippen molar-refractivity contribution in [3.05, 3.63) is 23.8 Å². The number of carbonyl (C=O) groups is 1. The van der Waals surface area contributed by atoms with Crippen LogP contribution in [-0.4, -0.2) is 36.2 Å². The largest absolute Gasteiger partial charge is 0.492 e. The Morgan fingerprint density at radius 1 is 1.33 bits per heavy atom. The third-order valence-electron chi connectivity index (χ3n) is 5.74. The van der Waals surface area contributed by atoms with Gasteiger partial charge in [-0.25, -0.2) is 4.79 Å². The third kappa shape index (κ3) is 2.97. The van der Waals surface area contributed by atoms with E-state index in [-0.39, 0.29) is 6.03 Å². The monoisotopic (exact) mass is 329 g/mol. The highest BCUT2D eigenvalue weighted by Gasteiger charge is 2.42. The van der Waals surface area contributed by atoms with Crippen molar-refractivity contribution in [2.45, 2.75) is 57.7 Å². The van der Waals surface area contributed by atoms with Crippen LogP contribution in [0.25, 0.3) is 0 Å². The number of likely N-dealkylation sites (tertiary alicyclic amines) is 1. The minimum Gasteiger partial charge on any atom is -0.492 e. The zero-order chi connectivity index (χ0) is 16.5. The number of benzene rings is 1. The standard InChI is InChI=1S/C19H27N3O2/c1-13-10-14-4-2-3-5-17(14)22(13)19(23)21-16-6-7-18-15(11-16)12-20-8-9-24-18/h6-7,11,13-14,17,20H,2-5,8-10,12H2,1H3,(H,21,23). The van der Waals surface area contributed by atoms with Gasteiger partial charge in [-0.3, -0.25) is 0 Å². The van der Waals surface area contributed by atoms with Crippen molar-refractivity contribution in [2.75, 3.05) is 18.5 Å². The zero-order valence-electron chi connectivity index (χ0n) is 14.4. The molecule has 2 amide bonds. The van der Waals surface area contributed by atoms with E-state index in [1.54, 1.807) is 0 Å². The number of anilines is 1. The Bertz CT molecular complexity index is 619. The molecule has 3 atom stereocenters. The van der Waals surface area contributed by atoms with Crippen LogP contribution in [0.2, 0.25) is 0 Å². The van der Waals surface area contributed by atoms with Gasteiger partial charge in [0.15, 0.2) is 0 Å². The molecule has 5 heteroatoms. The van der Waals surface area contributed by atoms with Gasteiger partial charge in [-0.15, -0.1) is 0 Å². The van der Waals surface area contributed by atoms with Gasteiger partial charge in [-0.05, 0) is 50.3 Å². The molecule has 2 fully saturated rings. The Hall–Kier alpha value is -1.75. The van der Waals surface area contributed by atoms with E-state index in [2.05, 4.69) is 22.5 Å². The van der Waals surface area contributed by atoms with Crippen molar-refractivity contribution in [1.29, 1.82) is 0 Å². The molecule has 4 rings (SSSR count). The molecule has 24 heavy (non-hydrogen) atoms. The van der Waals surface area contributed by atoms with Gasteiger partial charge in [-0.2, -0.15) is 0 Å². The molecule has 0 aromatic heterocycles. The molecule has 2 heterocycles. The molecule has 130 valence electrons. The number of rotatable bonds is 1. The number of hydrogen-bond donors (Lipinski definition) is 2. The van der Waals surface area contributed by atoms with Crippen LogP contribution in [0.3, 0.4) is 0 Å². The fourth-order valence-corrected chi connectivity index (χ4v) is 4.64. The molecule has 0 spiro atoms. The first kappa shape index (κ1) is 15.8. The van der Waals surface area contributed by atoms with Gasteiger partial charge in [0.2, 0.25) is 0 Å². The van der Waals surface area contributed by atoms with E-state index in [1.807, 2.05) is 18.2 Å². The lowest BCUT2D eigenvalue weighted by Crippen LogP contribution is -2.44. The summed E-state index contributed by atoms with van der Waals surface area (Å²) in [5.41, 5.74) is 1.97. The quantitative estimate of drug-likeness (QED) is 0.831. The van der Waals surface area contributed by atoms with Crippen LogP contribution < -0.4 is 15.4 Å². The number of nitrogens with one attached hydrogen (secondary N) is 2. The number of amides is 2. The minimum atomic E-state index is 0.0550. The van der Waals surface area contributed by atoms with Crippen molar-refractivity contribution in [1.82, 2.24) is 10.2 Å². The van der Waals surface area contributed by atoms with Crippen molar-refractivity contribution in [3.8, 4) is 5.75 Å². The Morgan fingerprint density at radius 3 is 3.12 bits per heavy atom. The van der Waals surface area contributed by atoms with E-state index >= 15 is 0 Å². The second-order valence-corrected chi connectivity index (χ2v) is 7.38. The summed E-state index contributed by atoms with van der Waals surface area (Å²) in [7, 11) is 0. The normalized spacial score (nSPS) is 29.2. The molecule has 1 aliphatic carbocycles. The van der Waals surface area contributed by atoms with E-state index in [1.165, 1.54) is 19.3 Å². The topological polar surface area (TPSA) is 53.6 Å². The first-order valence-corrected chi connectivity index (χ1v) is 9.28. The molecule has 2 aliphatic heterocycles. The van der Waals surface area contributed by atoms with Gasteiger partial charge in [0, 0.05) is 36.4 Å². The van der Waals surface area contributed by atoms with Crippen LogP contribution in [0, 0.1) is 5.92 Å². The predicted octanol–water partition coefficient (Wildman–Crippen LogP) is 3.35. The summed E-state index contributed by atoms with van der Waals surface area (Å²) in [5, 5.41) is 6.46. The molecule has 1 aromatic carbocycles. The smallest absolute Gasteiger partial charge is 0.322 e. The fourth-order valence-electron chi connectivity index (χ4n) is 4.64. The molecule has 5 nitrogen and oxygen atoms in total. The number of fused-ring (bicyclic) bond motifs is 2. The SMILES string of the molecule is CC1CC2CCCCC2N1C(=O)Nc1ccc2c(c1)CNCCO2. The first-order valence-electron chi connectivity index (χ1n) is 9.28. The Labute approximate surface area is 143 Å². The Morgan fingerprint density at radius 2 is 2.21 bits per heavy atom. The Balaban J connectivity index is 1.48. The summed E-state index contributed by atoms with van der Waals surface area (Å²) in [6.45, 7) is 4.51. The lowest BCUT2D eigenvalue weighted by Gasteiger charge is -2.33. The number of nitrogens with zero attached hydrogens (tertiary/aromatic N) is 1. The number of urea groups is 1. The lowest BCUT2D eigenvalue weighted by molar-refractivity contribution is 0.168. The van der Waals surface area contributed by atoms with Crippen molar-refractivity contribution < 1.29 is 9.53 Å². The summed E-state index contributed by atoms with van der Waals surface area (Å²) < 4.78 is 5.71. The second kappa shape index (κ2) is 6.63. The van der Waals surface area contributed by atoms with Crippen LogP contribution in [0.1, 0.15) is 44.6 Å². The maximum Gasteiger partial charge on any atom is 0.322 e. The molecule has 0 bridgehead atoms. The zero-order valence-corrected chi connectivity index (χ0v) is 14.4. The highest BCUT2D eigenvalue weighted by Crippen LogP contribution is 2.39. The van der Waals surface area contributed by atoms with Gasteiger partial charge >= 0.3 is 6.03 Å². The van der Waals surface area contributed by atoms with E-state index in [9.17, 15) is 4.79 Å². The summed E-state index contributed by atoms with van der Waals surface area (Å²) in [4.78, 5) is 15.0. The van der Waals surface area contributed by atoms with Crippen molar-refractivity contribution in [2.24, 2.45) is 5.92 Å². The molecule has 1 aromatic rings. The van der Waals surface area contributed by atoms with E-state index in [4.69, 9.17) is 4.74 Å². The van der Waals surface area contributed by atoms with E-state index in [0.29, 0.717) is 24.6 Å². The van der Waals surface area contributed by atoms with Crippen LogP contribution in [0.4, 0.5) is 10.5 Å². The predicted molar refractivity (Wildman–Crippen MR) is 94.3 cm³/mol. The number of ether oxygens (including phenoxy) is 1. The third-order valence-corrected chi connectivity index (χ3v) is 5.74. The highest BCUT2D eigenvalue weighted by atomic mass is 16.5. The van der Waals surface area contributed by atoms with E-state index in [0.717, 1.165) is 42.9 Å². The maximum atomic E-state index is 12.9. The summed E-state index contributed by atoms with van der Waals surface area (Å²) in [6, 6.07) is 6.77. The summed E-state index contributed by atoms with van der Waals surface area (Å²) >= 11 is 0. The fraction of sp³-hybridized carbons (Fsp3) is 0.632.